The molecule has 0 aliphatic rings. The van der Waals surface area contributed by atoms with Gasteiger partial charge < -0.3 is 15.9 Å². The number of hydrazone groups is 1. The van der Waals surface area contributed by atoms with Gasteiger partial charge in [0.25, 0.3) is 5.95 Å². The number of benzene rings is 2. The Kier molecular flexibility index (Phi) is 7.44. The van der Waals surface area contributed by atoms with Gasteiger partial charge in [-0.05, 0) is 36.8 Å². The fourth-order valence-electron chi connectivity index (χ4n) is 2.48. The van der Waals surface area contributed by atoms with E-state index in [-0.39, 0.29) is 23.4 Å². The van der Waals surface area contributed by atoms with Crippen molar-refractivity contribution < 1.29 is 13.9 Å². The van der Waals surface area contributed by atoms with Gasteiger partial charge in [-0.2, -0.15) is 5.10 Å². The summed E-state index contributed by atoms with van der Waals surface area (Å²) in [5, 5.41) is 15.3. The number of aromatic nitrogens is 3. The van der Waals surface area contributed by atoms with Crippen LogP contribution in [0.15, 0.2) is 58.8 Å². The number of ether oxygens (including phenoxy) is 1. The fraction of sp³-hybridized carbons (Fsp3) is 0.200. The molecule has 0 aliphatic heterocycles. The molecule has 162 valence electrons. The molecule has 2 aromatic carbocycles. The molecule has 31 heavy (non-hydrogen) atoms. The highest BCUT2D eigenvalue weighted by Gasteiger charge is 2.12. The number of nitrogens with zero attached hydrogens (tertiary/aromatic N) is 4. The average Bonchev–Trinajstić information content (AvgIpc) is 3.14. The number of anilines is 1. The van der Waals surface area contributed by atoms with Crippen molar-refractivity contribution in [3.05, 3.63) is 65.5 Å². The zero-order chi connectivity index (χ0) is 22.2. The van der Waals surface area contributed by atoms with E-state index >= 15 is 0 Å². The molecule has 0 spiro atoms. The van der Waals surface area contributed by atoms with E-state index in [0.717, 1.165) is 28.6 Å². The van der Waals surface area contributed by atoms with Gasteiger partial charge in [0.15, 0.2) is 0 Å². The predicted molar refractivity (Wildman–Crippen MR) is 118 cm³/mol. The minimum absolute atomic E-state index is 0.0998. The fourth-order valence-corrected chi connectivity index (χ4v) is 3.17. The summed E-state index contributed by atoms with van der Waals surface area (Å²) < 4.78 is 19.3. The molecule has 1 amide bonds. The molecule has 3 rings (SSSR count). The lowest BCUT2D eigenvalue weighted by molar-refractivity contribution is -0.118. The van der Waals surface area contributed by atoms with Crippen molar-refractivity contribution in [2.45, 2.75) is 18.6 Å². The molecule has 9 nitrogen and oxygen atoms in total. The highest BCUT2D eigenvalue weighted by Crippen LogP contribution is 2.17. The molecule has 0 bridgehead atoms. The Morgan fingerprint density at radius 2 is 2.03 bits per heavy atom. The summed E-state index contributed by atoms with van der Waals surface area (Å²) in [6.45, 7) is 2.14. The molecule has 0 atom stereocenters. The summed E-state index contributed by atoms with van der Waals surface area (Å²) in [7, 11) is 1.60. The third kappa shape index (κ3) is 6.19. The van der Waals surface area contributed by atoms with E-state index in [1.165, 1.54) is 16.8 Å². The van der Waals surface area contributed by atoms with Crippen LogP contribution in [0.25, 0.3) is 0 Å². The Balaban J connectivity index is 1.52. The minimum Gasteiger partial charge on any atom is -0.497 e. The smallest absolute Gasteiger partial charge is 0.264 e. The molecule has 11 heteroatoms. The van der Waals surface area contributed by atoms with E-state index in [4.69, 9.17) is 10.6 Å². The maximum atomic E-state index is 12.9. The highest BCUT2D eigenvalue weighted by atomic mass is 32.2. The summed E-state index contributed by atoms with van der Waals surface area (Å²) in [5.41, 5.74) is 5.16. The van der Waals surface area contributed by atoms with E-state index in [2.05, 4.69) is 26.0 Å². The lowest BCUT2D eigenvalue weighted by Crippen LogP contribution is -2.25. The molecular weight excluding hydrogens is 421 g/mol. The molecule has 0 saturated heterocycles. The number of nitrogen functional groups attached to an aromatic ring is 1. The Hall–Kier alpha value is -3.60. The van der Waals surface area contributed by atoms with Crippen LogP contribution in [0.1, 0.15) is 18.1 Å². The molecule has 0 aliphatic carbocycles. The average molecular weight is 444 g/mol. The Morgan fingerprint density at radius 3 is 2.77 bits per heavy atom. The predicted octanol–water partition coefficient (Wildman–Crippen LogP) is 2.38. The molecule has 0 fully saturated rings. The van der Waals surface area contributed by atoms with Crippen molar-refractivity contribution in [2.24, 2.45) is 5.10 Å². The first-order chi connectivity index (χ1) is 15.0. The minimum atomic E-state index is -0.319. The molecule has 3 aromatic rings. The van der Waals surface area contributed by atoms with Crippen LogP contribution in [-0.2, 0) is 11.3 Å². The van der Waals surface area contributed by atoms with Crippen LogP contribution in [-0.4, -0.2) is 39.4 Å². The topological polar surface area (TPSA) is 119 Å². The van der Waals surface area contributed by atoms with Crippen LogP contribution in [0.5, 0.6) is 5.75 Å². The van der Waals surface area contributed by atoms with E-state index in [1.807, 2.05) is 31.2 Å². The second-order valence-corrected chi connectivity index (χ2v) is 7.35. The highest BCUT2D eigenvalue weighted by molar-refractivity contribution is 7.99. The Morgan fingerprint density at radius 1 is 1.26 bits per heavy atom. The van der Waals surface area contributed by atoms with Crippen LogP contribution in [0, 0.1) is 5.82 Å². The van der Waals surface area contributed by atoms with Crippen molar-refractivity contribution in [3.63, 3.8) is 0 Å². The molecule has 1 aromatic heterocycles. The molecule has 4 N–H and O–H groups in total. The standard InChI is InChI=1S/C20H22FN7O2S/c1-13(15-4-3-5-17(10-15)30-2)24-25-19-26-27-20(28(19)22)31-12-18(29)23-11-14-6-8-16(21)9-7-14/h3-10H,11-12,22H2,1-2H3,(H,23,29)(H,25,26)/b24-13+. The summed E-state index contributed by atoms with van der Waals surface area (Å²) in [6, 6.07) is 13.4. The van der Waals surface area contributed by atoms with E-state index < -0.39 is 0 Å². The van der Waals surface area contributed by atoms with E-state index in [1.54, 1.807) is 19.2 Å². The number of amides is 1. The number of carbonyl (C=O) groups is 1. The Labute approximate surface area is 182 Å². The first kappa shape index (κ1) is 22.1. The first-order valence-electron chi connectivity index (χ1n) is 9.25. The zero-order valence-corrected chi connectivity index (χ0v) is 17.8. The van der Waals surface area contributed by atoms with E-state index in [0.29, 0.717) is 17.4 Å². The molecule has 1 heterocycles. The normalized spacial score (nSPS) is 11.3. The number of thioether (sulfide) groups is 1. The number of halogens is 1. The third-order valence-corrected chi connectivity index (χ3v) is 5.15. The molecule has 0 saturated carbocycles. The summed E-state index contributed by atoms with van der Waals surface area (Å²) in [4.78, 5) is 12.0. The summed E-state index contributed by atoms with van der Waals surface area (Å²) >= 11 is 1.14. The van der Waals surface area contributed by atoms with Crippen molar-refractivity contribution in [3.8, 4) is 5.75 Å². The van der Waals surface area contributed by atoms with Gasteiger partial charge in [0.1, 0.15) is 11.6 Å². The van der Waals surface area contributed by atoms with Gasteiger partial charge >= 0.3 is 0 Å². The van der Waals surface area contributed by atoms with Crippen LogP contribution >= 0.6 is 11.8 Å². The van der Waals surface area contributed by atoms with Gasteiger partial charge in [0, 0.05) is 12.1 Å². The van der Waals surface area contributed by atoms with Gasteiger partial charge in [-0.1, -0.05) is 36.0 Å². The van der Waals surface area contributed by atoms with Gasteiger partial charge in [0.05, 0.1) is 18.6 Å². The summed E-state index contributed by atoms with van der Waals surface area (Å²) in [6.07, 6.45) is 0. The zero-order valence-electron chi connectivity index (χ0n) is 17.0. The van der Waals surface area contributed by atoms with Gasteiger partial charge in [-0.15, -0.1) is 10.2 Å². The largest absolute Gasteiger partial charge is 0.497 e. The van der Waals surface area contributed by atoms with Gasteiger partial charge in [0.2, 0.25) is 11.1 Å². The number of carbonyl (C=O) groups excluding carboxylic acids is 1. The lowest BCUT2D eigenvalue weighted by atomic mass is 10.1. The SMILES string of the molecule is COc1cccc(/C(C)=N/Nc2nnc(SCC(=O)NCc3ccc(F)cc3)n2N)c1. The maximum absolute atomic E-state index is 12.9. The van der Waals surface area contributed by atoms with Crippen molar-refractivity contribution in [1.82, 2.24) is 20.2 Å². The monoisotopic (exact) mass is 443 g/mol. The van der Waals surface area contributed by atoms with Crippen LogP contribution in [0.3, 0.4) is 0 Å². The third-order valence-electron chi connectivity index (χ3n) is 4.21. The maximum Gasteiger partial charge on any atom is 0.264 e. The number of hydrogen-bond acceptors (Lipinski definition) is 8. The number of nitrogens with two attached hydrogens (primary N) is 1. The molecule has 0 radical (unpaired) electrons. The molecule has 0 unspecified atom stereocenters. The Bertz CT molecular complexity index is 1070. The van der Waals surface area contributed by atoms with Gasteiger partial charge in [-0.3, -0.25) is 4.79 Å². The van der Waals surface area contributed by atoms with Gasteiger partial charge in [-0.25, -0.2) is 14.5 Å². The number of methoxy groups -OCH3 is 1. The quantitative estimate of drug-likeness (QED) is 0.201. The number of hydrogen-bond donors (Lipinski definition) is 3. The van der Waals surface area contributed by atoms with Crippen molar-refractivity contribution in [1.29, 1.82) is 0 Å². The number of rotatable bonds is 9. The molecular formula is C20H22FN7O2S. The van der Waals surface area contributed by atoms with E-state index in [9.17, 15) is 9.18 Å². The van der Waals surface area contributed by atoms with Crippen LogP contribution in [0.4, 0.5) is 10.3 Å². The second-order valence-electron chi connectivity index (χ2n) is 6.41. The van der Waals surface area contributed by atoms with Crippen molar-refractivity contribution >= 4 is 29.3 Å². The van der Waals surface area contributed by atoms with Crippen LogP contribution in [0.2, 0.25) is 0 Å². The lowest BCUT2D eigenvalue weighted by Gasteiger charge is -2.06. The van der Waals surface area contributed by atoms with Crippen LogP contribution < -0.4 is 21.3 Å². The second kappa shape index (κ2) is 10.4. The summed E-state index contributed by atoms with van der Waals surface area (Å²) in [5.74, 6) is 6.52. The number of nitrogens with one attached hydrogen (secondary N) is 2. The van der Waals surface area contributed by atoms with Crippen molar-refractivity contribution in [2.75, 3.05) is 24.1 Å². The first-order valence-corrected chi connectivity index (χ1v) is 10.2.